The van der Waals surface area contributed by atoms with Crippen molar-refractivity contribution in [3.63, 3.8) is 0 Å². The zero-order valence-electron chi connectivity index (χ0n) is 12.5. The summed E-state index contributed by atoms with van der Waals surface area (Å²) in [6.07, 6.45) is 3.75. The van der Waals surface area contributed by atoms with Gasteiger partial charge in [0, 0.05) is 31.8 Å². The van der Waals surface area contributed by atoms with Gasteiger partial charge in [0.25, 0.3) is 0 Å². The Morgan fingerprint density at radius 2 is 2.29 bits per heavy atom. The maximum Gasteiger partial charge on any atom is 0.303 e. The van der Waals surface area contributed by atoms with Gasteiger partial charge in [0.15, 0.2) is 11.5 Å². The van der Waals surface area contributed by atoms with Crippen LogP contribution in [0.25, 0.3) is 0 Å². The van der Waals surface area contributed by atoms with Crippen molar-refractivity contribution in [2.45, 2.75) is 25.8 Å². The number of pyridine rings is 1. The smallest absolute Gasteiger partial charge is 0.303 e. The first kappa shape index (κ1) is 15.6. The SMILES string of the molecule is COc1ccnc(CN2CCC(CCC(=O)O)C2)c1OC. The molecule has 0 aromatic carbocycles. The predicted octanol–water partition coefficient (Wildman–Crippen LogP) is 1.79. The fourth-order valence-electron chi connectivity index (χ4n) is 2.79. The first-order valence-corrected chi connectivity index (χ1v) is 7.14. The summed E-state index contributed by atoms with van der Waals surface area (Å²) in [7, 11) is 3.22. The molecule has 0 amide bonds. The standard InChI is InChI=1S/C15H22N2O4/c1-20-13-5-7-16-12(15(13)21-2)10-17-8-6-11(9-17)3-4-14(18)19/h5,7,11H,3-4,6,8-10H2,1-2H3,(H,18,19). The molecule has 1 aliphatic rings. The zero-order chi connectivity index (χ0) is 15.2. The van der Waals surface area contributed by atoms with Crippen molar-refractivity contribution in [1.82, 2.24) is 9.88 Å². The first-order chi connectivity index (χ1) is 10.1. The minimum absolute atomic E-state index is 0.249. The molecule has 1 saturated heterocycles. The highest BCUT2D eigenvalue weighted by Crippen LogP contribution is 2.31. The summed E-state index contributed by atoms with van der Waals surface area (Å²) >= 11 is 0. The molecular formula is C15H22N2O4. The van der Waals surface area contributed by atoms with Gasteiger partial charge in [0.1, 0.15) is 5.69 Å². The Bertz CT molecular complexity index is 493. The van der Waals surface area contributed by atoms with Crippen molar-refractivity contribution >= 4 is 5.97 Å². The molecule has 0 radical (unpaired) electrons. The van der Waals surface area contributed by atoms with Crippen LogP contribution in [0.1, 0.15) is 25.0 Å². The molecule has 1 aliphatic heterocycles. The average Bonchev–Trinajstić information content (AvgIpc) is 2.92. The van der Waals surface area contributed by atoms with Crippen LogP contribution < -0.4 is 9.47 Å². The van der Waals surface area contributed by atoms with Crippen LogP contribution in [0.5, 0.6) is 11.5 Å². The Hall–Kier alpha value is -1.82. The van der Waals surface area contributed by atoms with Gasteiger partial charge in [-0.1, -0.05) is 0 Å². The molecule has 2 heterocycles. The molecule has 1 N–H and O–H groups in total. The number of likely N-dealkylation sites (tertiary alicyclic amines) is 1. The van der Waals surface area contributed by atoms with Crippen LogP contribution in [0.2, 0.25) is 0 Å². The van der Waals surface area contributed by atoms with Gasteiger partial charge in [-0.3, -0.25) is 14.7 Å². The number of nitrogens with zero attached hydrogens (tertiary/aromatic N) is 2. The summed E-state index contributed by atoms with van der Waals surface area (Å²) < 4.78 is 10.7. The number of carbonyl (C=O) groups is 1. The van der Waals surface area contributed by atoms with Crippen molar-refractivity contribution in [1.29, 1.82) is 0 Å². The van der Waals surface area contributed by atoms with E-state index >= 15 is 0 Å². The third-order valence-corrected chi connectivity index (χ3v) is 3.88. The van der Waals surface area contributed by atoms with Crippen molar-refractivity contribution in [2.24, 2.45) is 5.92 Å². The van der Waals surface area contributed by atoms with E-state index in [1.807, 2.05) is 0 Å². The summed E-state index contributed by atoms with van der Waals surface area (Å²) in [5, 5.41) is 8.75. The lowest BCUT2D eigenvalue weighted by Gasteiger charge is -2.18. The normalized spacial score (nSPS) is 18.7. The molecule has 2 rings (SSSR count). The topological polar surface area (TPSA) is 71.9 Å². The van der Waals surface area contributed by atoms with Crippen LogP contribution in [0.4, 0.5) is 0 Å². The first-order valence-electron chi connectivity index (χ1n) is 7.14. The molecule has 0 saturated carbocycles. The van der Waals surface area contributed by atoms with Crippen LogP contribution in [-0.2, 0) is 11.3 Å². The molecule has 116 valence electrons. The van der Waals surface area contributed by atoms with Gasteiger partial charge >= 0.3 is 5.97 Å². The number of methoxy groups -OCH3 is 2. The minimum Gasteiger partial charge on any atom is -0.493 e. The van der Waals surface area contributed by atoms with E-state index in [-0.39, 0.29) is 6.42 Å². The number of hydrogen-bond acceptors (Lipinski definition) is 5. The van der Waals surface area contributed by atoms with E-state index in [4.69, 9.17) is 14.6 Å². The highest BCUT2D eigenvalue weighted by Gasteiger charge is 2.24. The Kier molecular flexibility index (Phi) is 5.38. The third-order valence-electron chi connectivity index (χ3n) is 3.88. The van der Waals surface area contributed by atoms with E-state index in [1.165, 1.54) is 0 Å². The Labute approximate surface area is 124 Å². The molecule has 0 aliphatic carbocycles. The number of ether oxygens (including phenoxy) is 2. The molecule has 1 atom stereocenters. The van der Waals surface area contributed by atoms with Gasteiger partial charge in [-0.05, 0) is 25.3 Å². The number of carboxylic acids is 1. The molecule has 0 spiro atoms. The van der Waals surface area contributed by atoms with Gasteiger partial charge < -0.3 is 14.6 Å². The average molecular weight is 294 g/mol. The van der Waals surface area contributed by atoms with E-state index in [0.29, 0.717) is 24.0 Å². The summed E-state index contributed by atoms with van der Waals surface area (Å²) in [4.78, 5) is 17.3. The summed E-state index contributed by atoms with van der Waals surface area (Å²) in [6.45, 7) is 2.57. The van der Waals surface area contributed by atoms with E-state index < -0.39 is 5.97 Å². The lowest BCUT2D eigenvalue weighted by atomic mass is 10.0. The molecule has 6 heteroatoms. The van der Waals surface area contributed by atoms with Crippen LogP contribution in [0.3, 0.4) is 0 Å². The Balaban J connectivity index is 1.95. The number of hydrogen-bond donors (Lipinski definition) is 1. The van der Waals surface area contributed by atoms with Crippen LogP contribution in [0, 0.1) is 5.92 Å². The van der Waals surface area contributed by atoms with E-state index in [1.54, 1.807) is 26.5 Å². The maximum atomic E-state index is 10.6. The Morgan fingerprint density at radius 3 is 2.95 bits per heavy atom. The van der Waals surface area contributed by atoms with E-state index in [9.17, 15) is 4.79 Å². The predicted molar refractivity (Wildman–Crippen MR) is 77.6 cm³/mol. The minimum atomic E-state index is -0.718. The third kappa shape index (κ3) is 4.07. The summed E-state index contributed by atoms with van der Waals surface area (Å²) in [5.74, 6) is 1.10. The summed E-state index contributed by atoms with van der Waals surface area (Å²) in [5.41, 5.74) is 0.857. The van der Waals surface area contributed by atoms with Gasteiger partial charge in [0.2, 0.25) is 0 Å². The van der Waals surface area contributed by atoms with Crippen molar-refractivity contribution in [3.8, 4) is 11.5 Å². The van der Waals surface area contributed by atoms with Crippen molar-refractivity contribution in [2.75, 3.05) is 27.3 Å². The molecule has 1 aromatic rings. The van der Waals surface area contributed by atoms with Crippen LogP contribution >= 0.6 is 0 Å². The quantitative estimate of drug-likeness (QED) is 0.826. The largest absolute Gasteiger partial charge is 0.493 e. The van der Waals surface area contributed by atoms with E-state index in [2.05, 4.69) is 9.88 Å². The molecule has 21 heavy (non-hydrogen) atoms. The highest BCUT2D eigenvalue weighted by molar-refractivity contribution is 5.66. The molecular weight excluding hydrogens is 272 g/mol. The maximum absolute atomic E-state index is 10.6. The van der Waals surface area contributed by atoms with Crippen LogP contribution in [-0.4, -0.2) is 48.3 Å². The second kappa shape index (κ2) is 7.26. The fraction of sp³-hybridized carbons (Fsp3) is 0.600. The fourth-order valence-corrected chi connectivity index (χ4v) is 2.79. The lowest BCUT2D eigenvalue weighted by Crippen LogP contribution is -2.21. The van der Waals surface area contributed by atoms with Crippen molar-refractivity contribution < 1.29 is 19.4 Å². The number of aromatic nitrogens is 1. The van der Waals surface area contributed by atoms with Gasteiger partial charge in [0.05, 0.1) is 14.2 Å². The van der Waals surface area contributed by atoms with Gasteiger partial charge in [-0.25, -0.2) is 0 Å². The van der Waals surface area contributed by atoms with Crippen molar-refractivity contribution in [3.05, 3.63) is 18.0 Å². The zero-order valence-corrected chi connectivity index (χ0v) is 12.5. The molecule has 1 fully saturated rings. The highest BCUT2D eigenvalue weighted by atomic mass is 16.5. The summed E-state index contributed by atoms with van der Waals surface area (Å²) in [6, 6.07) is 1.78. The second-order valence-corrected chi connectivity index (χ2v) is 5.32. The van der Waals surface area contributed by atoms with Gasteiger partial charge in [-0.15, -0.1) is 0 Å². The monoisotopic (exact) mass is 294 g/mol. The number of aliphatic carboxylic acids is 1. The van der Waals surface area contributed by atoms with Gasteiger partial charge in [-0.2, -0.15) is 0 Å². The second-order valence-electron chi connectivity index (χ2n) is 5.32. The molecule has 0 bridgehead atoms. The molecule has 6 nitrogen and oxygen atoms in total. The Morgan fingerprint density at radius 1 is 1.48 bits per heavy atom. The van der Waals surface area contributed by atoms with E-state index in [0.717, 1.165) is 31.6 Å². The van der Waals surface area contributed by atoms with Crippen LogP contribution in [0.15, 0.2) is 12.3 Å². The lowest BCUT2D eigenvalue weighted by molar-refractivity contribution is -0.137. The number of rotatable bonds is 7. The molecule has 1 unspecified atom stereocenters. The number of carboxylic acid groups (broad SMARTS) is 1. The molecule has 1 aromatic heterocycles.